The third kappa shape index (κ3) is 2.85. The average Bonchev–Trinajstić information content (AvgIpc) is 2.38. The zero-order chi connectivity index (χ0) is 13.1. The Kier molecular flexibility index (Phi) is 4.25. The van der Waals surface area contributed by atoms with Crippen LogP contribution in [0.2, 0.25) is 0 Å². The van der Waals surface area contributed by atoms with E-state index in [1.54, 1.807) is 0 Å². The van der Waals surface area contributed by atoms with Gasteiger partial charge in [-0.15, -0.1) is 0 Å². The van der Waals surface area contributed by atoms with Crippen LogP contribution in [0.4, 0.5) is 5.69 Å². The summed E-state index contributed by atoms with van der Waals surface area (Å²) in [5.74, 6) is 0. The standard InChI is InChI=1S/C15H25N3/c1-12(2)17-6-8-18(9-7-17)15-5-4-14(11-16)10-13(15)3/h4-5,10,12H,6-9,11,16H2,1-3H3. The highest BCUT2D eigenvalue weighted by Crippen LogP contribution is 2.23. The van der Waals surface area contributed by atoms with Crippen LogP contribution >= 0.6 is 0 Å². The van der Waals surface area contributed by atoms with E-state index in [4.69, 9.17) is 5.73 Å². The molecule has 2 rings (SSSR count). The second kappa shape index (κ2) is 5.72. The van der Waals surface area contributed by atoms with E-state index in [1.807, 2.05) is 0 Å². The molecule has 1 fully saturated rings. The summed E-state index contributed by atoms with van der Waals surface area (Å²) >= 11 is 0. The number of nitrogens with zero attached hydrogens (tertiary/aromatic N) is 2. The van der Waals surface area contributed by atoms with Crippen molar-refractivity contribution in [2.24, 2.45) is 5.73 Å². The first-order valence-corrected chi connectivity index (χ1v) is 6.90. The lowest BCUT2D eigenvalue weighted by atomic mass is 10.1. The molecule has 3 nitrogen and oxygen atoms in total. The molecule has 0 aliphatic carbocycles. The normalized spacial score (nSPS) is 17.5. The summed E-state index contributed by atoms with van der Waals surface area (Å²) < 4.78 is 0. The van der Waals surface area contributed by atoms with Crippen LogP contribution in [0.1, 0.15) is 25.0 Å². The van der Waals surface area contributed by atoms with Crippen molar-refractivity contribution in [3.63, 3.8) is 0 Å². The van der Waals surface area contributed by atoms with Gasteiger partial charge in [0.1, 0.15) is 0 Å². The lowest BCUT2D eigenvalue weighted by Crippen LogP contribution is -2.49. The Morgan fingerprint density at radius 1 is 1.17 bits per heavy atom. The van der Waals surface area contributed by atoms with Crippen LogP contribution in [0, 0.1) is 6.92 Å². The fourth-order valence-electron chi connectivity index (χ4n) is 2.68. The maximum atomic E-state index is 5.68. The van der Waals surface area contributed by atoms with Gasteiger partial charge in [-0.1, -0.05) is 12.1 Å². The molecule has 1 heterocycles. The Morgan fingerprint density at radius 3 is 2.33 bits per heavy atom. The molecule has 1 aliphatic heterocycles. The highest BCUT2D eigenvalue weighted by atomic mass is 15.3. The second-order valence-corrected chi connectivity index (χ2v) is 5.44. The number of hydrogen-bond acceptors (Lipinski definition) is 3. The summed E-state index contributed by atoms with van der Waals surface area (Å²) in [6.45, 7) is 11.9. The molecule has 0 bridgehead atoms. The van der Waals surface area contributed by atoms with Gasteiger partial charge in [-0.05, 0) is 38.0 Å². The van der Waals surface area contributed by atoms with Gasteiger partial charge < -0.3 is 10.6 Å². The summed E-state index contributed by atoms with van der Waals surface area (Å²) in [7, 11) is 0. The fourth-order valence-corrected chi connectivity index (χ4v) is 2.68. The molecule has 0 unspecified atom stereocenters. The lowest BCUT2D eigenvalue weighted by Gasteiger charge is -2.38. The van der Waals surface area contributed by atoms with Crippen LogP contribution in [-0.4, -0.2) is 37.1 Å². The molecule has 0 saturated carbocycles. The number of nitrogens with two attached hydrogens (primary N) is 1. The Labute approximate surface area is 111 Å². The van der Waals surface area contributed by atoms with Gasteiger partial charge in [0.2, 0.25) is 0 Å². The molecule has 0 amide bonds. The predicted molar refractivity (Wildman–Crippen MR) is 78.0 cm³/mol. The van der Waals surface area contributed by atoms with E-state index in [0.717, 1.165) is 26.2 Å². The summed E-state index contributed by atoms with van der Waals surface area (Å²) in [6, 6.07) is 7.25. The summed E-state index contributed by atoms with van der Waals surface area (Å²) in [4.78, 5) is 5.04. The lowest BCUT2D eigenvalue weighted by molar-refractivity contribution is 0.209. The van der Waals surface area contributed by atoms with Crippen molar-refractivity contribution in [1.82, 2.24) is 4.90 Å². The molecule has 0 radical (unpaired) electrons. The van der Waals surface area contributed by atoms with Gasteiger partial charge in [0.15, 0.2) is 0 Å². The molecule has 100 valence electrons. The van der Waals surface area contributed by atoms with Gasteiger partial charge in [0, 0.05) is 44.5 Å². The van der Waals surface area contributed by atoms with Crippen molar-refractivity contribution >= 4 is 5.69 Å². The SMILES string of the molecule is Cc1cc(CN)ccc1N1CCN(C(C)C)CC1. The zero-order valence-corrected chi connectivity index (χ0v) is 11.8. The first-order valence-electron chi connectivity index (χ1n) is 6.90. The van der Waals surface area contributed by atoms with Crippen molar-refractivity contribution < 1.29 is 0 Å². The minimum Gasteiger partial charge on any atom is -0.369 e. The molecular formula is C15H25N3. The molecule has 3 heteroatoms. The Bertz CT molecular complexity index is 393. The highest BCUT2D eigenvalue weighted by molar-refractivity contribution is 5.54. The number of piperazine rings is 1. The number of hydrogen-bond donors (Lipinski definition) is 1. The molecule has 1 aromatic rings. The number of aryl methyl sites for hydroxylation is 1. The molecule has 1 aromatic carbocycles. The van der Waals surface area contributed by atoms with Crippen LogP contribution in [0.3, 0.4) is 0 Å². The van der Waals surface area contributed by atoms with Crippen molar-refractivity contribution in [3.8, 4) is 0 Å². The molecule has 18 heavy (non-hydrogen) atoms. The predicted octanol–water partition coefficient (Wildman–Crippen LogP) is 1.98. The third-order valence-electron chi connectivity index (χ3n) is 3.88. The number of anilines is 1. The van der Waals surface area contributed by atoms with Crippen LogP contribution < -0.4 is 10.6 Å². The van der Waals surface area contributed by atoms with Gasteiger partial charge in [-0.2, -0.15) is 0 Å². The van der Waals surface area contributed by atoms with Crippen molar-refractivity contribution in [3.05, 3.63) is 29.3 Å². The maximum Gasteiger partial charge on any atom is 0.0397 e. The van der Waals surface area contributed by atoms with E-state index in [-0.39, 0.29) is 0 Å². The van der Waals surface area contributed by atoms with Crippen molar-refractivity contribution in [1.29, 1.82) is 0 Å². The molecule has 2 N–H and O–H groups in total. The van der Waals surface area contributed by atoms with Gasteiger partial charge in [0.05, 0.1) is 0 Å². The van der Waals surface area contributed by atoms with Gasteiger partial charge in [-0.25, -0.2) is 0 Å². The van der Waals surface area contributed by atoms with Crippen LogP contribution in [-0.2, 0) is 6.54 Å². The third-order valence-corrected chi connectivity index (χ3v) is 3.88. The van der Waals surface area contributed by atoms with E-state index in [1.165, 1.54) is 16.8 Å². The Hall–Kier alpha value is -1.06. The maximum absolute atomic E-state index is 5.68. The molecular weight excluding hydrogens is 222 g/mol. The van der Waals surface area contributed by atoms with Gasteiger partial charge >= 0.3 is 0 Å². The zero-order valence-electron chi connectivity index (χ0n) is 11.8. The topological polar surface area (TPSA) is 32.5 Å². The minimum absolute atomic E-state index is 0.627. The monoisotopic (exact) mass is 247 g/mol. The van der Waals surface area contributed by atoms with E-state index < -0.39 is 0 Å². The summed E-state index contributed by atoms with van der Waals surface area (Å²) in [6.07, 6.45) is 0. The van der Waals surface area contributed by atoms with Gasteiger partial charge in [0.25, 0.3) is 0 Å². The fraction of sp³-hybridized carbons (Fsp3) is 0.600. The summed E-state index contributed by atoms with van der Waals surface area (Å²) in [5.41, 5.74) is 9.61. The highest BCUT2D eigenvalue weighted by Gasteiger charge is 2.19. The molecule has 0 aromatic heterocycles. The average molecular weight is 247 g/mol. The van der Waals surface area contributed by atoms with E-state index in [0.29, 0.717) is 12.6 Å². The Balaban J connectivity index is 2.05. The Morgan fingerprint density at radius 2 is 1.83 bits per heavy atom. The minimum atomic E-state index is 0.627. The number of rotatable bonds is 3. The largest absolute Gasteiger partial charge is 0.369 e. The quantitative estimate of drug-likeness (QED) is 0.886. The smallest absolute Gasteiger partial charge is 0.0397 e. The van der Waals surface area contributed by atoms with E-state index in [2.05, 4.69) is 48.8 Å². The first-order chi connectivity index (χ1) is 8.61. The van der Waals surface area contributed by atoms with Crippen LogP contribution in [0.25, 0.3) is 0 Å². The summed E-state index contributed by atoms with van der Waals surface area (Å²) in [5, 5.41) is 0. The number of benzene rings is 1. The second-order valence-electron chi connectivity index (χ2n) is 5.44. The van der Waals surface area contributed by atoms with Crippen molar-refractivity contribution in [2.75, 3.05) is 31.1 Å². The molecule has 0 spiro atoms. The van der Waals surface area contributed by atoms with Crippen molar-refractivity contribution in [2.45, 2.75) is 33.4 Å². The first kappa shape index (κ1) is 13.4. The molecule has 0 atom stereocenters. The van der Waals surface area contributed by atoms with Gasteiger partial charge in [-0.3, -0.25) is 4.90 Å². The van der Waals surface area contributed by atoms with E-state index >= 15 is 0 Å². The molecule has 1 saturated heterocycles. The molecule has 1 aliphatic rings. The van der Waals surface area contributed by atoms with Crippen LogP contribution in [0.5, 0.6) is 0 Å². The van der Waals surface area contributed by atoms with Crippen LogP contribution in [0.15, 0.2) is 18.2 Å². The van der Waals surface area contributed by atoms with E-state index in [9.17, 15) is 0 Å².